The van der Waals surface area contributed by atoms with Gasteiger partial charge in [0.2, 0.25) is 0 Å². The number of pyridine rings is 2. The van der Waals surface area contributed by atoms with Crippen molar-refractivity contribution in [1.29, 1.82) is 0 Å². The zero-order chi connectivity index (χ0) is 42.9. The molecule has 0 aliphatic heterocycles. The number of carboxylic acid groups (broad SMARTS) is 1. The fourth-order valence-electron chi connectivity index (χ4n) is 6.41. The number of hydrogen-bond donors (Lipinski definition) is 3. The monoisotopic (exact) mass is 810 g/mol. The average molecular weight is 811 g/mol. The highest BCUT2D eigenvalue weighted by molar-refractivity contribution is 5.91. The number of esters is 1. The molecule has 0 aliphatic carbocycles. The van der Waals surface area contributed by atoms with Gasteiger partial charge in [-0.2, -0.15) is 0 Å². The summed E-state index contributed by atoms with van der Waals surface area (Å²) >= 11 is 0. The summed E-state index contributed by atoms with van der Waals surface area (Å²) < 4.78 is 26.2. The Morgan fingerprint density at radius 2 is 0.984 bits per heavy atom. The van der Waals surface area contributed by atoms with Crippen LogP contribution in [0.25, 0.3) is 44.3 Å². The van der Waals surface area contributed by atoms with Crippen molar-refractivity contribution < 1.29 is 38.4 Å². The first-order valence-corrected chi connectivity index (χ1v) is 18.7. The topological polar surface area (TPSA) is 158 Å². The number of benzene rings is 4. The maximum Gasteiger partial charge on any atom is 0.337 e. The van der Waals surface area contributed by atoms with Gasteiger partial charge in [-0.1, -0.05) is 47.9 Å². The van der Waals surface area contributed by atoms with E-state index in [1.165, 1.54) is 7.11 Å². The van der Waals surface area contributed by atoms with Crippen LogP contribution in [0.1, 0.15) is 43.0 Å². The summed E-state index contributed by atoms with van der Waals surface area (Å²) in [6.07, 6.45) is 7.21. The molecule has 0 amide bonds. The van der Waals surface area contributed by atoms with E-state index in [0.717, 1.165) is 61.0 Å². The predicted molar refractivity (Wildman–Crippen MR) is 232 cm³/mol. The van der Waals surface area contributed by atoms with Gasteiger partial charge in [-0.05, 0) is 83.9 Å². The SMILES string of the molecule is COC(=O)c1cccc(C#Cc2c[nH]c3ncc(-c4ccc(OC)c(OC)c4)cc23)c1.COc1ccc(-c2cnc3[nH]cc(C#Cc4cccc(C(=O)O)c4)c3c2)cc1OC. The smallest absolute Gasteiger partial charge is 0.337 e. The molecule has 61 heavy (non-hydrogen) atoms. The van der Waals surface area contributed by atoms with Crippen molar-refractivity contribution >= 4 is 34.0 Å². The number of fused-ring (bicyclic) bond motifs is 2. The Morgan fingerprint density at radius 3 is 1.43 bits per heavy atom. The number of nitrogens with one attached hydrogen (secondary N) is 2. The van der Waals surface area contributed by atoms with Gasteiger partial charge in [0.15, 0.2) is 23.0 Å². The molecule has 0 unspecified atom stereocenters. The van der Waals surface area contributed by atoms with E-state index in [2.05, 4.69) is 43.6 Å². The number of carboxylic acids is 1. The molecule has 0 atom stereocenters. The van der Waals surface area contributed by atoms with Gasteiger partial charge >= 0.3 is 11.9 Å². The van der Waals surface area contributed by atoms with Crippen molar-refractivity contribution in [3.63, 3.8) is 0 Å². The molecule has 4 aromatic heterocycles. The molecule has 4 aromatic carbocycles. The van der Waals surface area contributed by atoms with Gasteiger partial charge in [-0.25, -0.2) is 19.6 Å². The first kappa shape index (κ1) is 40.7. The maximum atomic E-state index is 11.7. The number of aromatic nitrogens is 4. The van der Waals surface area contributed by atoms with Gasteiger partial charge in [0.05, 0.1) is 57.8 Å². The summed E-state index contributed by atoms with van der Waals surface area (Å²) in [4.78, 5) is 38.2. The average Bonchev–Trinajstić information content (AvgIpc) is 3.92. The largest absolute Gasteiger partial charge is 0.493 e. The number of methoxy groups -OCH3 is 5. The van der Waals surface area contributed by atoms with Crippen LogP contribution >= 0.6 is 0 Å². The van der Waals surface area contributed by atoms with Gasteiger partial charge in [-0.3, -0.25) is 0 Å². The quantitative estimate of drug-likeness (QED) is 0.100. The number of aromatic carboxylic acids is 1. The molecule has 0 saturated carbocycles. The van der Waals surface area contributed by atoms with E-state index in [1.807, 2.05) is 60.8 Å². The van der Waals surface area contributed by atoms with Gasteiger partial charge in [0.25, 0.3) is 0 Å². The number of rotatable bonds is 8. The van der Waals surface area contributed by atoms with Crippen molar-refractivity contribution in [2.75, 3.05) is 35.5 Å². The summed E-state index contributed by atoms with van der Waals surface area (Å²) in [5.41, 5.74) is 8.84. The van der Waals surface area contributed by atoms with Crippen LogP contribution in [0.2, 0.25) is 0 Å². The van der Waals surface area contributed by atoms with Crippen LogP contribution in [0.3, 0.4) is 0 Å². The molecule has 0 saturated heterocycles. The molecule has 0 bridgehead atoms. The van der Waals surface area contributed by atoms with Crippen LogP contribution in [0.5, 0.6) is 23.0 Å². The van der Waals surface area contributed by atoms with Gasteiger partial charge in [0, 0.05) is 57.8 Å². The first-order chi connectivity index (χ1) is 29.7. The minimum absolute atomic E-state index is 0.207. The Hall–Kier alpha value is -8.48. The van der Waals surface area contributed by atoms with Crippen molar-refractivity contribution in [2.45, 2.75) is 0 Å². The minimum atomic E-state index is -0.977. The standard InChI is InChI=1S/C25H20N2O4.C24H18N2O4/c1-29-22-10-9-17(13-23(22)30-2)20-12-21-19(14-26-24(21)27-15-20)8-7-16-5-4-6-18(11-16)25(28)31-3;1-29-21-9-8-16(12-22(21)30-2)19-11-20-18(13-25-23(20)26-14-19)7-6-15-4-3-5-17(10-15)24(27)28/h4-6,9-15H,1-3H3,(H,26,27);3-5,8-14H,1-2H3,(H,25,26)(H,27,28). The summed E-state index contributed by atoms with van der Waals surface area (Å²) in [5.74, 6) is 13.7. The lowest BCUT2D eigenvalue weighted by Gasteiger charge is -2.09. The van der Waals surface area contributed by atoms with Crippen LogP contribution in [0.15, 0.2) is 122 Å². The molecule has 302 valence electrons. The summed E-state index contributed by atoms with van der Waals surface area (Å²) in [6.45, 7) is 0. The molecule has 3 N–H and O–H groups in total. The van der Waals surface area contributed by atoms with E-state index in [0.29, 0.717) is 34.1 Å². The number of carbonyl (C=O) groups is 2. The molecule has 12 nitrogen and oxygen atoms in total. The highest BCUT2D eigenvalue weighted by atomic mass is 16.5. The van der Waals surface area contributed by atoms with Gasteiger partial charge < -0.3 is 38.8 Å². The Bertz CT molecular complexity index is 3050. The summed E-state index contributed by atoms with van der Waals surface area (Å²) in [6, 6.07) is 29.1. The lowest BCUT2D eigenvalue weighted by atomic mass is 10.0. The number of H-pyrrole nitrogens is 2. The molecule has 8 aromatic rings. The van der Waals surface area contributed by atoms with Crippen molar-refractivity contribution in [3.8, 4) is 68.9 Å². The summed E-state index contributed by atoms with van der Waals surface area (Å²) in [5, 5.41) is 10.9. The Labute approximate surface area is 351 Å². The van der Waals surface area contributed by atoms with E-state index in [-0.39, 0.29) is 11.5 Å². The Morgan fingerprint density at radius 1 is 0.525 bits per heavy atom. The lowest BCUT2D eigenvalue weighted by Crippen LogP contribution is -2.00. The molecule has 8 rings (SSSR count). The molecule has 0 aliphatic rings. The number of aromatic amines is 2. The third-order valence-electron chi connectivity index (χ3n) is 9.57. The maximum absolute atomic E-state index is 11.7. The van der Waals surface area contributed by atoms with Crippen LogP contribution in [-0.4, -0.2) is 72.5 Å². The lowest BCUT2D eigenvalue weighted by molar-refractivity contribution is 0.0599. The highest BCUT2D eigenvalue weighted by Gasteiger charge is 2.12. The van der Waals surface area contributed by atoms with Crippen LogP contribution in [-0.2, 0) is 4.74 Å². The Balaban J connectivity index is 0.000000184. The van der Waals surface area contributed by atoms with Crippen LogP contribution < -0.4 is 18.9 Å². The fraction of sp³-hybridized carbons (Fsp3) is 0.102. The number of ether oxygens (including phenoxy) is 5. The van der Waals surface area contributed by atoms with Crippen molar-refractivity contribution in [2.24, 2.45) is 0 Å². The third kappa shape index (κ3) is 9.15. The Kier molecular flexibility index (Phi) is 12.3. The minimum Gasteiger partial charge on any atom is -0.493 e. The van der Waals surface area contributed by atoms with Crippen LogP contribution in [0, 0.1) is 23.7 Å². The number of carbonyl (C=O) groups excluding carboxylic acids is 1. The normalized spacial score (nSPS) is 10.3. The number of nitrogens with zero attached hydrogens (tertiary/aromatic N) is 2. The molecular weight excluding hydrogens is 773 g/mol. The van der Waals surface area contributed by atoms with Crippen LogP contribution in [0.4, 0.5) is 0 Å². The predicted octanol–water partition coefficient (Wildman–Crippen LogP) is 8.78. The van der Waals surface area contributed by atoms with Crippen molar-refractivity contribution in [3.05, 3.63) is 155 Å². The summed E-state index contributed by atoms with van der Waals surface area (Å²) in [7, 11) is 7.77. The van der Waals surface area contributed by atoms with E-state index in [4.69, 9.17) is 28.8 Å². The number of hydrogen-bond acceptors (Lipinski definition) is 9. The second-order valence-electron chi connectivity index (χ2n) is 13.2. The molecule has 0 fully saturated rings. The molecule has 0 radical (unpaired) electrons. The molecule has 4 heterocycles. The highest BCUT2D eigenvalue weighted by Crippen LogP contribution is 2.35. The zero-order valence-electron chi connectivity index (χ0n) is 33.7. The third-order valence-corrected chi connectivity index (χ3v) is 9.57. The van der Waals surface area contributed by atoms with E-state index in [1.54, 1.807) is 89.5 Å². The van der Waals surface area contributed by atoms with Gasteiger partial charge in [-0.15, -0.1) is 0 Å². The zero-order valence-corrected chi connectivity index (χ0v) is 33.7. The molecule has 0 spiro atoms. The van der Waals surface area contributed by atoms with Crippen molar-refractivity contribution in [1.82, 2.24) is 19.9 Å². The van der Waals surface area contributed by atoms with E-state index in [9.17, 15) is 9.59 Å². The van der Waals surface area contributed by atoms with Gasteiger partial charge in [0.1, 0.15) is 11.3 Å². The van der Waals surface area contributed by atoms with E-state index < -0.39 is 5.97 Å². The second kappa shape index (κ2) is 18.4. The fourth-order valence-corrected chi connectivity index (χ4v) is 6.41. The van der Waals surface area contributed by atoms with E-state index >= 15 is 0 Å². The molecule has 12 heteroatoms. The molecular formula is C49H38N4O8. The second-order valence-corrected chi connectivity index (χ2v) is 13.2. The first-order valence-electron chi connectivity index (χ1n) is 18.7.